The summed E-state index contributed by atoms with van der Waals surface area (Å²) in [6.45, 7) is 6.26. The van der Waals surface area contributed by atoms with Crippen molar-refractivity contribution >= 4 is 22.8 Å². The van der Waals surface area contributed by atoms with E-state index in [0.717, 1.165) is 41.5 Å². The van der Waals surface area contributed by atoms with Crippen molar-refractivity contribution in [1.82, 2.24) is 25.5 Å². The van der Waals surface area contributed by atoms with Gasteiger partial charge in [0, 0.05) is 31.1 Å². The summed E-state index contributed by atoms with van der Waals surface area (Å²) < 4.78 is 0. The van der Waals surface area contributed by atoms with E-state index in [9.17, 15) is 4.79 Å². The third kappa shape index (κ3) is 3.17. The number of carbonyl (C=O) groups excluding carboxylic acids is 1. The molecule has 4 rings (SSSR count). The number of imidazole rings is 1. The number of H-pyrrole nitrogens is 1. The maximum absolute atomic E-state index is 12.3. The van der Waals surface area contributed by atoms with E-state index in [2.05, 4.69) is 30.4 Å². The number of aryl methyl sites for hydroxylation is 2. The van der Waals surface area contributed by atoms with E-state index < -0.39 is 0 Å². The van der Waals surface area contributed by atoms with E-state index in [4.69, 9.17) is 0 Å². The van der Waals surface area contributed by atoms with Gasteiger partial charge in [0.1, 0.15) is 5.82 Å². The van der Waals surface area contributed by atoms with Crippen LogP contribution in [0.15, 0.2) is 30.3 Å². The predicted molar refractivity (Wildman–Crippen MR) is 95.6 cm³/mol. The molecule has 1 amide bonds. The van der Waals surface area contributed by atoms with Gasteiger partial charge in [-0.2, -0.15) is 5.10 Å². The number of rotatable bonds is 4. The molecule has 1 fully saturated rings. The van der Waals surface area contributed by atoms with E-state index in [1.807, 2.05) is 44.2 Å². The summed E-state index contributed by atoms with van der Waals surface area (Å²) in [6.07, 6.45) is 0. The van der Waals surface area contributed by atoms with Crippen LogP contribution in [0.1, 0.15) is 21.9 Å². The van der Waals surface area contributed by atoms with E-state index in [-0.39, 0.29) is 5.91 Å². The Balaban J connectivity index is 1.31. The molecule has 0 bridgehead atoms. The van der Waals surface area contributed by atoms with Gasteiger partial charge in [-0.1, -0.05) is 0 Å². The van der Waals surface area contributed by atoms with Crippen LogP contribution in [0, 0.1) is 19.8 Å². The first-order chi connectivity index (χ1) is 12.1. The molecular weight excluding hydrogens is 316 g/mol. The van der Waals surface area contributed by atoms with Gasteiger partial charge >= 0.3 is 0 Å². The summed E-state index contributed by atoms with van der Waals surface area (Å²) in [4.78, 5) is 22.0. The first kappa shape index (κ1) is 15.6. The Labute approximate surface area is 145 Å². The number of aromatic amines is 1. The summed E-state index contributed by atoms with van der Waals surface area (Å²) in [5, 5.41) is 11.3. The predicted octanol–water partition coefficient (Wildman–Crippen LogP) is 1.84. The van der Waals surface area contributed by atoms with Crippen molar-refractivity contribution in [2.75, 3.05) is 24.5 Å². The fourth-order valence-corrected chi connectivity index (χ4v) is 3.06. The molecule has 1 aliphatic heterocycles. The van der Waals surface area contributed by atoms with Gasteiger partial charge in [0.15, 0.2) is 5.82 Å². The Morgan fingerprint density at radius 2 is 2.08 bits per heavy atom. The minimum Gasteiger partial charge on any atom is -0.354 e. The van der Waals surface area contributed by atoms with Crippen molar-refractivity contribution in [3.05, 3.63) is 47.4 Å². The van der Waals surface area contributed by atoms with Gasteiger partial charge in [-0.05, 0) is 44.2 Å². The molecule has 3 heterocycles. The maximum Gasteiger partial charge on any atom is 0.251 e. The number of hydrogen-bond donors (Lipinski definition) is 2. The van der Waals surface area contributed by atoms with Gasteiger partial charge < -0.3 is 15.2 Å². The normalized spacial score (nSPS) is 14.6. The third-order valence-corrected chi connectivity index (χ3v) is 4.48. The number of benzene rings is 1. The lowest BCUT2D eigenvalue weighted by Gasteiger charge is -2.39. The summed E-state index contributed by atoms with van der Waals surface area (Å²) >= 11 is 0. The number of anilines is 1. The second kappa shape index (κ2) is 6.16. The average Bonchev–Trinajstić information content (AvgIpc) is 2.93. The van der Waals surface area contributed by atoms with E-state index in [1.54, 1.807) is 0 Å². The molecule has 128 valence electrons. The first-order valence-electron chi connectivity index (χ1n) is 8.38. The van der Waals surface area contributed by atoms with Gasteiger partial charge in [0.25, 0.3) is 5.91 Å². The molecule has 3 aromatic rings. The quantitative estimate of drug-likeness (QED) is 0.759. The van der Waals surface area contributed by atoms with Gasteiger partial charge in [-0.3, -0.25) is 4.79 Å². The summed E-state index contributed by atoms with van der Waals surface area (Å²) in [6, 6.07) is 9.48. The number of amides is 1. The Morgan fingerprint density at radius 3 is 2.84 bits per heavy atom. The minimum absolute atomic E-state index is 0.0530. The zero-order valence-corrected chi connectivity index (χ0v) is 14.3. The Morgan fingerprint density at radius 1 is 1.24 bits per heavy atom. The smallest absolute Gasteiger partial charge is 0.251 e. The van der Waals surface area contributed by atoms with Crippen molar-refractivity contribution in [3.63, 3.8) is 0 Å². The number of carbonyl (C=O) groups is 1. The van der Waals surface area contributed by atoms with Crippen molar-refractivity contribution in [2.45, 2.75) is 13.8 Å². The average molecular weight is 336 g/mol. The molecule has 0 saturated carbocycles. The SMILES string of the molecule is Cc1ccc(N2CC(CNC(=O)c3ccc4nc(C)[nH]c4c3)C2)nn1. The molecular formula is C18H20N6O. The van der Waals surface area contributed by atoms with Gasteiger partial charge in [0.2, 0.25) is 0 Å². The molecule has 7 nitrogen and oxygen atoms in total. The number of hydrogen-bond acceptors (Lipinski definition) is 5. The number of aromatic nitrogens is 4. The standard InChI is InChI=1S/C18H20N6O/c1-11-3-6-17(23-22-11)24-9-13(10-24)8-19-18(25)14-4-5-15-16(7-14)21-12(2)20-15/h3-7,13H,8-10H2,1-2H3,(H,19,25)(H,20,21). The van der Waals surface area contributed by atoms with Gasteiger partial charge in [-0.15, -0.1) is 5.10 Å². The molecule has 1 saturated heterocycles. The van der Waals surface area contributed by atoms with Crippen LogP contribution in [0.25, 0.3) is 11.0 Å². The molecule has 25 heavy (non-hydrogen) atoms. The second-order valence-electron chi connectivity index (χ2n) is 6.57. The minimum atomic E-state index is -0.0530. The van der Waals surface area contributed by atoms with Crippen LogP contribution in [0.4, 0.5) is 5.82 Å². The highest BCUT2D eigenvalue weighted by Gasteiger charge is 2.28. The Hall–Kier alpha value is -2.96. The number of nitrogens with one attached hydrogen (secondary N) is 2. The van der Waals surface area contributed by atoms with Crippen molar-refractivity contribution in [1.29, 1.82) is 0 Å². The fourth-order valence-electron chi connectivity index (χ4n) is 3.06. The molecule has 2 aromatic heterocycles. The Bertz CT molecular complexity index is 911. The molecule has 0 aliphatic carbocycles. The number of nitrogens with zero attached hydrogens (tertiary/aromatic N) is 4. The van der Waals surface area contributed by atoms with Crippen LogP contribution in [0.5, 0.6) is 0 Å². The lowest BCUT2D eigenvalue weighted by molar-refractivity contribution is 0.0944. The molecule has 0 unspecified atom stereocenters. The molecule has 1 aromatic carbocycles. The largest absolute Gasteiger partial charge is 0.354 e. The van der Waals surface area contributed by atoms with Crippen LogP contribution < -0.4 is 10.2 Å². The highest BCUT2D eigenvalue weighted by molar-refractivity contribution is 5.97. The van der Waals surface area contributed by atoms with Crippen LogP contribution in [0.2, 0.25) is 0 Å². The molecule has 0 atom stereocenters. The van der Waals surface area contributed by atoms with Crippen LogP contribution in [0.3, 0.4) is 0 Å². The molecule has 2 N–H and O–H groups in total. The zero-order chi connectivity index (χ0) is 17.4. The van der Waals surface area contributed by atoms with Crippen molar-refractivity contribution in [2.24, 2.45) is 5.92 Å². The van der Waals surface area contributed by atoms with Crippen LogP contribution in [-0.2, 0) is 0 Å². The van der Waals surface area contributed by atoms with E-state index >= 15 is 0 Å². The Kier molecular flexibility index (Phi) is 3.83. The maximum atomic E-state index is 12.3. The third-order valence-electron chi connectivity index (χ3n) is 4.48. The van der Waals surface area contributed by atoms with Crippen LogP contribution >= 0.6 is 0 Å². The lowest BCUT2D eigenvalue weighted by atomic mass is 10.00. The zero-order valence-electron chi connectivity index (χ0n) is 14.3. The van der Waals surface area contributed by atoms with E-state index in [1.165, 1.54) is 0 Å². The summed E-state index contributed by atoms with van der Waals surface area (Å²) in [7, 11) is 0. The molecule has 1 aliphatic rings. The van der Waals surface area contributed by atoms with Crippen molar-refractivity contribution in [3.8, 4) is 0 Å². The van der Waals surface area contributed by atoms with Crippen LogP contribution in [-0.4, -0.2) is 45.7 Å². The number of fused-ring (bicyclic) bond motifs is 1. The second-order valence-corrected chi connectivity index (χ2v) is 6.57. The molecule has 0 radical (unpaired) electrons. The fraction of sp³-hybridized carbons (Fsp3) is 0.333. The topological polar surface area (TPSA) is 86.8 Å². The highest BCUT2D eigenvalue weighted by atomic mass is 16.1. The monoisotopic (exact) mass is 336 g/mol. The highest BCUT2D eigenvalue weighted by Crippen LogP contribution is 2.21. The lowest BCUT2D eigenvalue weighted by Crippen LogP contribution is -2.51. The van der Waals surface area contributed by atoms with E-state index in [0.29, 0.717) is 18.0 Å². The molecule has 7 heteroatoms. The molecule has 0 spiro atoms. The first-order valence-corrected chi connectivity index (χ1v) is 8.38. The van der Waals surface area contributed by atoms with Gasteiger partial charge in [0.05, 0.1) is 16.7 Å². The summed E-state index contributed by atoms with van der Waals surface area (Å²) in [5.41, 5.74) is 3.33. The van der Waals surface area contributed by atoms with Crippen molar-refractivity contribution < 1.29 is 4.79 Å². The summed E-state index contributed by atoms with van der Waals surface area (Å²) in [5.74, 6) is 2.13. The van der Waals surface area contributed by atoms with Gasteiger partial charge in [-0.25, -0.2) is 4.98 Å².